The summed E-state index contributed by atoms with van der Waals surface area (Å²) in [7, 11) is 0. The molecule has 8 heteroatoms. The molecule has 4 aliphatic carbocycles. The van der Waals surface area contributed by atoms with Crippen molar-refractivity contribution in [2.75, 3.05) is 6.61 Å². The molecule has 6 rings (SSSR count). The topological polar surface area (TPSA) is 119 Å². The van der Waals surface area contributed by atoms with Crippen LogP contribution in [0.3, 0.4) is 0 Å². The van der Waals surface area contributed by atoms with Crippen molar-refractivity contribution in [1.29, 1.82) is 0 Å². The number of hydrogen-bond acceptors (Lipinski definition) is 6. The second kappa shape index (κ2) is 10.7. The summed E-state index contributed by atoms with van der Waals surface area (Å²) < 4.78 is 0. The second-order valence-corrected chi connectivity index (χ2v) is 12.3. The summed E-state index contributed by atoms with van der Waals surface area (Å²) in [5.74, 6) is -0.922. The van der Waals surface area contributed by atoms with Gasteiger partial charge in [-0.1, -0.05) is 68.5 Å². The van der Waals surface area contributed by atoms with E-state index in [9.17, 15) is 24.9 Å². The number of allylic oxidation sites excluding steroid dienone is 2. The van der Waals surface area contributed by atoms with Crippen LogP contribution < -0.4 is 5.32 Å². The maximum absolute atomic E-state index is 13.8. The molecule has 4 fully saturated rings. The van der Waals surface area contributed by atoms with E-state index >= 15 is 0 Å². The van der Waals surface area contributed by atoms with E-state index < -0.39 is 30.1 Å². The quantitative estimate of drug-likeness (QED) is 0.376. The van der Waals surface area contributed by atoms with Crippen molar-refractivity contribution in [3.63, 3.8) is 0 Å². The molecule has 1 amide bonds. The van der Waals surface area contributed by atoms with Crippen molar-refractivity contribution < 1.29 is 29.7 Å². The highest BCUT2D eigenvalue weighted by molar-refractivity contribution is 5.90. The minimum Gasteiger partial charge on any atom is -0.478 e. The van der Waals surface area contributed by atoms with Crippen molar-refractivity contribution >= 4 is 11.9 Å². The fraction of sp³-hybridized carbons (Fsp3) is 0.548. The van der Waals surface area contributed by atoms with E-state index in [1.54, 1.807) is 24.1 Å². The van der Waals surface area contributed by atoms with Crippen molar-refractivity contribution in [3.8, 4) is 0 Å². The van der Waals surface area contributed by atoms with Crippen LogP contribution in [0.4, 0.5) is 0 Å². The molecule has 1 unspecified atom stereocenters. The van der Waals surface area contributed by atoms with Gasteiger partial charge < -0.3 is 20.6 Å². The number of carbonyl (C=O) groups excluding carboxylic acids is 1. The molecule has 5 aliphatic rings. The Morgan fingerprint density at radius 2 is 2.05 bits per heavy atom. The van der Waals surface area contributed by atoms with E-state index in [2.05, 4.69) is 25.7 Å². The molecule has 0 radical (unpaired) electrons. The Morgan fingerprint density at radius 3 is 2.69 bits per heavy atom. The van der Waals surface area contributed by atoms with Crippen LogP contribution in [0.2, 0.25) is 0 Å². The Hall–Kier alpha value is -2.78. The molecule has 0 spiro atoms. The minimum atomic E-state index is -0.952. The summed E-state index contributed by atoms with van der Waals surface area (Å²) in [6.45, 7) is 10.5. The fourth-order valence-corrected chi connectivity index (χ4v) is 7.17. The normalized spacial score (nSPS) is 34.2. The molecule has 2 bridgehead atoms. The Morgan fingerprint density at radius 1 is 1.28 bits per heavy atom. The van der Waals surface area contributed by atoms with Gasteiger partial charge in [-0.3, -0.25) is 9.63 Å². The molecular formula is C31H40N2O6. The number of amides is 1. The molecule has 0 aromatic heterocycles. The van der Waals surface area contributed by atoms with E-state index in [-0.39, 0.29) is 42.0 Å². The number of aliphatic hydroxyl groups excluding tert-OH is 2. The van der Waals surface area contributed by atoms with Gasteiger partial charge >= 0.3 is 5.97 Å². The van der Waals surface area contributed by atoms with Gasteiger partial charge in [-0.25, -0.2) is 4.79 Å². The maximum atomic E-state index is 13.8. The van der Waals surface area contributed by atoms with Gasteiger partial charge in [0.1, 0.15) is 12.1 Å². The molecule has 1 saturated heterocycles. The first-order valence-electron chi connectivity index (χ1n) is 13.9. The molecule has 39 heavy (non-hydrogen) atoms. The molecule has 4 N–H and O–H groups in total. The second-order valence-electron chi connectivity index (χ2n) is 12.3. The zero-order chi connectivity index (χ0) is 28.1. The molecule has 210 valence electrons. The lowest BCUT2D eigenvalue weighted by atomic mass is 9.46. The molecule has 1 aromatic carbocycles. The van der Waals surface area contributed by atoms with Crippen molar-refractivity contribution in [1.82, 2.24) is 10.4 Å². The third-order valence-electron chi connectivity index (χ3n) is 9.62. The van der Waals surface area contributed by atoms with Gasteiger partial charge in [0.05, 0.1) is 30.9 Å². The highest BCUT2D eigenvalue weighted by Crippen LogP contribution is 2.60. The van der Waals surface area contributed by atoms with Crippen molar-refractivity contribution in [2.45, 2.75) is 76.8 Å². The SMILES string of the molecule is C=C1[C@@H](NC(=O)[C@@H]2[C@H]([C@H](C)O)[C@H](CO)ON2Cc2cccc(C3C=C(C(=O)O)C=CC3)c2)C[C@H]2C[C@@H]1C2(C)C. The minimum absolute atomic E-state index is 0.0666. The maximum Gasteiger partial charge on any atom is 0.335 e. The number of nitrogens with zero attached hydrogens (tertiary/aromatic N) is 1. The number of rotatable bonds is 8. The number of hydrogen-bond donors (Lipinski definition) is 4. The lowest BCUT2D eigenvalue weighted by Gasteiger charge is -2.60. The summed E-state index contributed by atoms with van der Waals surface area (Å²) >= 11 is 0. The van der Waals surface area contributed by atoms with Crippen LogP contribution in [-0.4, -0.2) is 63.2 Å². The predicted octanol–water partition coefficient (Wildman–Crippen LogP) is 3.32. The number of benzene rings is 1. The summed E-state index contributed by atoms with van der Waals surface area (Å²) in [5.41, 5.74) is 3.41. The summed E-state index contributed by atoms with van der Waals surface area (Å²) in [6.07, 6.45) is 6.35. The molecule has 8 atom stereocenters. The smallest absolute Gasteiger partial charge is 0.335 e. The molecule has 3 saturated carbocycles. The van der Waals surface area contributed by atoms with Crippen LogP contribution in [0.25, 0.3) is 0 Å². The van der Waals surface area contributed by atoms with Gasteiger partial charge in [0.15, 0.2) is 0 Å². The first kappa shape index (κ1) is 27.8. The van der Waals surface area contributed by atoms with E-state index in [1.165, 1.54) is 0 Å². The fourth-order valence-electron chi connectivity index (χ4n) is 7.17. The standard InChI is InChI=1S/C31H40N2O6/c1-17-24-13-23(31(24,3)4)14-25(17)32-29(36)28-27(18(2)35)26(16-34)39-33(28)15-19-7-5-8-20(11-19)21-9-6-10-22(12-21)30(37)38/h5-8,10-12,18,21,23-28,34-35H,1,9,13-16H2,2-4H3,(H,32,36)(H,37,38)/t18-,21?,23+,24-,25-,26-,27+,28-/m0/s1. The molecule has 1 aromatic rings. The van der Waals surface area contributed by atoms with E-state index in [1.807, 2.05) is 30.3 Å². The Labute approximate surface area is 230 Å². The lowest BCUT2D eigenvalue weighted by Crippen LogP contribution is -2.59. The summed E-state index contributed by atoms with van der Waals surface area (Å²) in [5, 5.41) is 34.9. The van der Waals surface area contributed by atoms with Crippen LogP contribution in [-0.2, 0) is 21.0 Å². The van der Waals surface area contributed by atoms with Gasteiger partial charge in [-0.2, -0.15) is 5.06 Å². The molecule has 1 heterocycles. The third-order valence-corrected chi connectivity index (χ3v) is 9.62. The van der Waals surface area contributed by atoms with E-state index in [4.69, 9.17) is 4.84 Å². The number of nitrogens with one attached hydrogen (secondary N) is 1. The number of hydroxylamine groups is 2. The van der Waals surface area contributed by atoms with Crippen molar-refractivity contribution in [3.05, 3.63) is 71.3 Å². The molecule has 8 nitrogen and oxygen atoms in total. The van der Waals surface area contributed by atoms with Gasteiger partial charge in [0.25, 0.3) is 0 Å². The highest BCUT2D eigenvalue weighted by Gasteiger charge is 2.56. The highest BCUT2D eigenvalue weighted by atomic mass is 16.7. The first-order valence-corrected chi connectivity index (χ1v) is 13.9. The average Bonchev–Trinajstić information content (AvgIpc) is 3.28. The van der Waals surface area contributed by atoms with Gasteiger partial charge in [-0.15, -0.1) is 0 Å². The lowest BCUT2D eigenvalue weighted by molar-refractivity contribution is -0.182. The number of aliphatic hydroxyl groups is 2. The summed E-state index contributed by atoms with van der Waals surface area (Å²) in [4.78, 5) is 31.3. The average molecular weight is 537 g/mol. The van der Waals surface area contributed by atoms with Crippen LogP contribution in [0.15, 0.2) is 60.2 Å². The molecular weight excluding hydrogens is 496 g/mol. The predicted molar refractivity (Wildman–Crippen MR) is 146 cm³/mol. The largest absolute Gasteiger partial charge is 0.478 e. The molecule has 1 aliphatic heterocycles. The van der Waals surface area contributed by atoms with Crippen LogP contribution in [0, 0.1) is 23.2 Å². The first-order chi connectivity index (χ1) is 18.5. The van der Waals surface area contributed by atoms with E-state index in [0.717, 1.165) is 29.5 Å². The van der Waals surface area contributed by atoms with Crippen LogP contribution in [0.1, 0.15) is 57.1 Å². The van der Waals surface area contributed by atoms with Gasteiger partial charge in [-0.05, 0) is 54.6 Å². The number of carbonyl (C=O) groups is 2. The Kier molecular flexibility index (Phi) is 7.59. The number of aliphatic carboxylic acids is 1. The van der Waals surface area contributed by atoms with Crippen LogP contribution >= 0.6 is 0 Å². The monoisotopic (exact) mass is 536 g/mol. The van der Waals surface area contributed by atoms with Crippen LogP contribution in [0.5, 0.6) is 0 Å². The zero-order valence-electron chi connectivity index (χ0n) is 22.9. The number of carboxylic acids is 1. The number of fused-ring (bicyclic) bond motifs is 2. The third kappa shape index (κ3) is 5.11. The Balaban J connectivity index is 1.35. The van der Waals surface area contributed by atoms with Gasteiger partial charge in [0.2, 0.25) is 5.91 Å². The zero-order valence-corrected chi connectivity index (χ0v) is 22.9. The van der Waals surface area contributed by atoms with Crippen molar-refractivity contribution in [2.24, 2.45) is 23.2 Å². The number of carboxylic acid groups (broad SMARTS) is 1. The van der Waals surface area contributed by atoms with E-state index in [0.29, 0.717) is 18.3 Å². The van der Waals surface area contributed by atoms with Gasteiger partial charge in [0, 0.05) is 11.8 Å². The summed E-state index contributed by atoms with van der Waals surface area (Å²) in [6, 6.07) is 6.91. The Bertz CT molecular complexity index is 1200.